The van der Waals surface area contributed by atoms with Gasteiger partial charge in [0.05, 0.1) is 0 Å². The van der Waals surface area contributed by atoms with Gasteiger partial charge in [0.2, 0.25) is 0 Å². The zero-order valence-corrected chi connectivity index (χ0v) is 6.02. The first-order valence-corrected chi connectivity index (χ1v) is 3.63. The lowest BCUT2D eigenvalue weighted by Crippen LogP contribution is -2.10. The topological polar surface area (TPSA) is 21.3 Å². The van der Waals surface area contributed by atoms with Gasteiger partial charge in [-0.1, -0.05) is 0 Å². The third-order valence-electron chi connectivity index (χ3n) is 1.89. The van der Waals surface area contributed by atoms with Crippen molar-refractivity contribution in [1.82, 2.24) is 5.32 Å². The molecule has 0 radical (unpaired) electrons. The molecule has 1 unspecified atom stereocenters. The van der Waals surface area contributed by atoms with Crippen molar-refractivity contribution >= 4 is 0 Å². The van der Waals surface area contributed by atoms with Gasteiger partial charge in [0, 0.05) is 13.7 Å². The van der Waals surface area contributed by atoms with Crippen molar-refractivity contribution < 1.29 is 4.74 Å². The molecule has 1 rings (SSSR count). The third-order valence-corrected chi connectivity index (χ3v) is 1.89. The Morgan fingerprint density at radius 1 is 1.67 bits per heavy atom. The lowest BCUT2D eigenvalue weighted by molar-refractivity contribution is 0.180. The summed E-state index contributed by atoms with van der Waals surface area (Å²) in [6.07, 6.45) is 2.56. The molecule has 0 amide bonds. The van der Waals surface area contributed by atoms with E-state index in [2.05, 4.69) is 5.32 Å². The summed E-state index contributed by atoms with van der Waals surface area (Å²) in [5.41, 5.74) is 0. The monoisotopic (exact) mass is 129 g/mol. The van der Waals surface area contributed by atoms with Gasteiger partial charge in [-0.2, -0.15) is 0 Å². The summed E-state index contributed by atoms with van der Waals surface area (Å²) in [6, 6.07) is 0. The number of rotatable bonds is 3. The summed E-state index contributed by atoms with van der Waals surface area (Å²) in [4.78, 5) is 0. The van der Waals surface area contributed by atoms with Crippen LogP contribution in [0.15, 0.2) is 0 Å². The van der Waals surface area contributed by atoms with E-state index in [-0.39, 0.29) is 0 Å². The maximum atomic E-state index is 4.98. The van der Waals surface area contributed by atoms with Gasteiger partial charge in [0.15, 0.2) is 0 Å². The minimum absolute atomic E-state index is 0.880. The van der Waals surface area contributed by atoms with E-state index in [1.165, 1.54) is 25.9 Å². The van der Waals surface area contributed by atoms with Crippen LogP contribution in [0.3, 0.4) is 0 Å². The Morgan fingerprint density at radius 2 is 2.56 bits per heavy atom. The van der Waals surface area contributed by atoms with E-state index in [0.717, 1.165) is 12.5 Å². The average molecular weight is 129 g/mol. The highest BCUT2D eigenvalue weighted by atomic mass is 16.5. The summed E-state index contributed by atoms with van der Waals surface area (Å²) in [5, 5.41) is 3.33. The van der Waals surface area contributed by atoms with Crippen molar-refractivity contribution in [2.45, 2.75) is 12.8 Å². The molecule has 0 aromatic heterocycles. The van der Waals surface area contributed by atoms with E-state index in [9.17, 15) is 0 Å². The van der Waals surface area contributed by atoms with E-state index in [0.29, 0.717) is 0 Å². The molecule has 1 heterocycles. The van der Waals surface area contributed by atoms with E-state index in [4.69, 9.17) is 4.74 Å². The predicted octanol–water partition coefficient (Wildman–Crippen LogP) is 0.632. The lowest BCUT2D eigenvalue weighted by atomic mass is 10.1. The molecule has 0 bridgehead atoms. The fourth-order valence-electron chi connectivity index (χ4n) is 1.25. The molecule has 54 valence electrons. The Balaban J connectivity index is 1.98. The van der Waals surface area contributed by atoms with Crippen LogP contribution in [0.2, 0.25) is 0 Å². The predicted molar refractivity (Wildman–Crippen MR) is 37.5 cm³/mol. The Kier molecular flexibility index (Phi) is 3.01. The van der Waals surface area contributed by atoms with Crippen molar-refractivity contribution in [2.24, 2.45) is 5.92 Å². The SMILES string of the molecule is COCCC1CCNC1. The average Bonchev–Trinajstić information content (AvgIpc) is 2.34. The van der Waals surface area contributed by atoms with Gasteiger partial charge in [0.25, 0.3) is 0 Å². The van der Waals surface area contributed by atoms with Crippen LogP contribution >= 0.6 is 0 Å². The van der Waals surface area contributed by atoms with Crippen LogP contribution in [0.25, 0.3) is 0 Å². The highest BCUT2D eigenvalue weighted by molar-refractivity contribution is 4.70. The molecule has 1 aliphatic heterocycles. The van der Waals surface area contributed by atoms with Gasteiger partial charge in [-0.25, -0.2) is 0 Å². The summed E-state index contributed by atoms with van der Waals surface area (Å²) in [6.45, 7) is 3.32. The van der Waals surface area contributed by atoms with Gasteiger partial charge in [-0.15, -0.1) is 0 Å². The molecule has 2 nitrogen and oxygen atoms in total. The Bertz CT molecular complexity index is 69.3. The van der Waals surface area contributed by atoms with Crippen LogP contribution in [0.5, 0.6) is 0 Å². The molecular formula is C7H15NO. The number of hydrogen-bond acceptors (Lipinski definition) is 2. The second kappa shape index (κ2) is 3.85. The van der Waals surface area contributed by atoms with Crippen LogP contribution in [-0.2, 0) is 4.74 Å². The minimum atomic E-state index is 0.880. The molecule has 0 spiro atoms. The van der Waals surface area contributed by atoms with Gasteiger partial charge < -0.3 is 10.1 Å². The maximum Gasteiger partial charge on any atom is 0.0465 e. The molecule has 2 heteroatoms. The Hall–Kier alpha value is -0.0800. The second-order valence-electron chi connectivity index (χ2n) is 2.64. The zero-order chi connectivity index (χ0) is 6.53. The van der Waals surface area contributed by atoms with Crippen molar-refractivity contribution in [3.8, 4) is 0 Å². The summed E-state index contributed by atoms with van der Waals surface area (Å²) < 4.78 is 4.98. The molecule has 1 atom stereocenters. The first kappa shape index (κ1) is 7.03. The summed E-state index contributed by atoms with van der Waals surface area (Å²) >= 11 is 0. The maximum absolute atomic E-state index is 4.98. The smallest absolute Gasteiger partial charge is 0.0465 e. The number of nitrogens with one attached hydrogen (secondary N) is 1. The van der Waals surface area contributed by atoms with E-state index < -0.39 is 0 Å². The van der Waals surface area contributed by atoms with Gasteiger partial charge >= 0.3 is 0 Å². The molecule has 1 fully saturated rings. The zero-order valence-electron chi connectivity index (χ0n) is 6.02. The number of hydrogen-bond donors (Lipinski definition) is 1. The molecule has 0 aromatic carbocycles. The van der Waals surface area contributed by atoms with Crippen LogP contribution in [0, 0.1) is 5.92 Å². The van der Waals surface area contributed by atoms with Crippen LogP contribution < -0.4 is 5.32 Å². The number of methoxy groups -OCH3 is 1. The quantitative estimate of drug-likeness (QED) is 0.603. The molecule has 0 saturated carbocycles. The van der Waals surface area contributed by atoms with Gasteiger partial charge in [-0.05, 0) is 31.8 Å². The highest BCUT2D eigenvalue weighted by Gasteiger charge is 2.12. The second-order valence-corrected chi connectivity index (χ2v) is 2.64. The van der Waals surface area contributed by atoms with E-state index in [1.807, 2.05) is 0 Å². The van der Waals surface area contributed by atoms with Crippen LogP contribution in [0.1, 0.15) is 12.8 Å². The third kappa shape index (κ3) is 2.33. The Morgan fingerprint density at radius 3 is 3.11 bits per heavy atom. The first-order valence-electron chi connectivity index (χ1n) is 3.63. The lowest BCUT2D eigenvalue weighted by Gasteiger charge is -2.04. The molecule has 9 heavy (non-hydrogen) atoms. The molecular weight excluding hydrogens is 114 g/mol. The molecule has 1 aliphatic rings. The van der Waals surface area contributed by atoms with E-state index >= 15 is 0 Å². The van der Waals surface area contributed by atoms with E-state index in [1.54, 1.807) is 7.11 Å². The first-order chi connectivity index (χ1) is 4.43. The van der Waals surface area contributed by atoms with Crippen molar-refractivity contribution in [2.75, 3.05) is 26.8 Å². The van der Waals surface area contributed by atoms with Gasteiger partial charge in [-0.3, -0.25) is 0 Å². The van der Waals surface area contributed by atoms with Crippen molar-refractivity contribution in [3.05, 3.63) is 0 Å². The fourth-order valence-corrected chi connectivity index (χ4v) is 1.25. The van der Waals surface area contributed by atoms with Gasteiger partial charge in [0.1, 0.15) is 0 Å². The minimum Gasteiger partial charge on any atom is -0.385 e. The molecule has 1 saturated heterocycles. The molecule has 0 aromatic rings. The Labute approximate surface area is 56.6 Å². The normalized spacial score (nSPS) is 27.0. The fraction of sp³-hybridized carbons (Fsp3) is 1.00. The largest absolute Gasteiger partial charge is 0.385 e. The molecule has 0 aliphatic carbocycles. The molecule has 1 N–H and O–H groups in total. The summed E-state index contributed by atoms with van der Waals surface area (Å²) in [7, 11) is 1.77. The van der Waals surface area contributed by atoms with Crippen LogP contribution in [0.4, 0.5) is 0 Å². The highest BCUT2D eigenvalue weighted by Crippen LogP contribution is 2.10. The van der Waals surface area contributed by atoms with Crippen molar-refractivity contribution in [1.29, 1.82) is 0 Å². The summed E-state index contributed by atoms with van der Waals surface area (Å²) in [5.74, 6) is 0.880. The standard InChI is InChI=1S/C7H15NO/c1-9-5-3-7-2-4-8-6-7/h7-8H,2-6H2,1H3. The van der Waals surface area contributed by atoms with Crippen LogP contribution in [-0.4, -0.2) is 26.8 Å². The number of ether oxygens (including phenoxy) is 1. The van der Waals surface area contributed by atoms with Crippen molar-refractivity contribution in [3.63, 3.8) is 0 Å².